The quantitative estimate of drug-likeness (QED) is 0.552. The van der Waals surface area contributed by atoms with E-state index >= 15 is 0 Å². The normalized spacial score (nSPS) is 15.5. The molecule has 0 heterocycles. The van der Waals surface area contributed by atoms with Crippen LogP contribution >= 0.6 is 0 Å². The Hall–Kier alpha value is -1.06. The maximum absolute atomic E-state index is 10.4. The van der Waals surface area contributed by atoms with Gasteiger partial charge in [0, 0.05) is 5.71 Å². The second-order valence-electron chi connectivity index (χ2n) is 2.13. The number of carbonyl (C=O) groups excluding carboxylic acids is 1. The second-order valence-corrected chi connectivity index (χ2v) is 2.13. The molecule has 0 aromatic rings. The van der Waals surface area contributed by atoms with Crippen molar-refractivity contribution < 1.29 is 9.53 Å². The topological polar surface area (TPSA) is 50.7 Å². The highest BCUT2D eigenvalue weighted by molar-refractivity contribution is 5.89. The first-order valence-electron chi connectivity index (χ1n) is 3.22. The average Bonchev–Trinajstić information content (AvgIpc) is 1.84. The number of hydrogen-bond acceptors (Lipinski definition) is 3. The molecule has 0 aliphatic heterocycles. The zero-order valence-corrected chi connectivity index (χ0v) is 5.89. The number of ether oxygens (including phenoxy) is 1. The molecule has 0 aromatic heterocycles. The highest BCUT2D eigenvalue weighted by Crippen LogP contribution is 2.13. The van der Waals surface area contributed by atoms with Gasteiger partial charge in [-0.25, -0.2) is 10.2 Å². The van der Waals surface area contributed by atoms with E-state index in [9.17, 15) is 4.79 Å². The molecule has 1 aliphatic rings. The van der Waals surface area contributed by atoms with Crippen LogP contribution in [0.2, 0.25) is 0 Å². The van der Waals surface area contributed by atoms with E-state index in [-0.39, 0.29) is 0 Å². The Morgan fingerprint density at radius 1 is 1.70 bits per heavy atom. The number of nitrogens with one attached hydrogen (secondary N) is 1. The van der Waals surface area contributed by atoms with Gasteiger partial charge in [0.1, 0.15) is 0 Å². The van der Waals surface area contributed by atoms with E-state index in [0.29, 0.717) is 0 Å². The minimum absolute atomic E-state index is 0.501. The van der Waals surface area contributed by atoms with E-state index in [2.05, 4.69) is 15.3 Å². The van der Waals surface area contributed by atoms with Crippen LogP contribution in [0.4, 0.5) is 4.79 Å². The summed E-state index contributed by atoms with van der Waals surface area (Å²) in [7, 11) is 1.32. The molecule has 0 unspecified atom stereocenters. The summed E-state index contributed by atoms with van der Waals surface area (Å²) in [5.74, 6) is 0. The standard InChI is InChI=1S/C6H10N2O2/c1-10-6(9)8-7-5-3-2-4-5/h2-4H2,1H3,(H,8,9). The van der Waals surface area contributed by atoms with Crippen molar-refractivity contribution in [1.29, 1.82) is 0 Å². The fourth-order valence-corrected chi connectivity index (χ4v) is 0.617. The molecule has 1 aliphatic carbocycles. The summed E-state index contributed by atoms with van der Waals surface area (Å²) in [6.07, 6.45) is 2.69. The molecule has 56 valence electrons. The molecule has 1 amide bonds. The third-order valence-electron chi connectivity index (χ3n) is 1.42. The van der Waals surface area contributed by atoms with Crippen molar-refractivity contribution in [2.24, 2.45) is 5.10 Å². The van der Waals surface area contributed by atoms with Crippen LogP contribution in [-0.2, 0) is 4.74 Å². The van der Waals surface area contributed by atoms with Crippen LogP contribution in [0.25, 0.3) is 0 Å². The van der Waals surface area contributed by atoms with Crippen molar-refractivity contribution >= 4 is 11.8 Å². The summed E-state index contributed by atoms with van der Waals surface area (Å²) in [6, 6.07) is 0. The predicted octanol–water partition coefficient (Wildman–Crippen LogP) is 0.882. The first-order chi connectivity index (χ1) is 4.83. The molecular weight excluding hydrogens is 132 g/mol. The first kappa shape index (κ1) is 7.05. The second kappa shape index (κ2) is 3.20. The lowest BCUT2D eigenvalue weighted by molar-refractivity contribution is 0.171. The molecule has 0 bridgehead atoms. The number of hydrogen-bond donors (Lipinski definition) is 1. The van der Waals surface area contributed by atoms with Gasteiger partial charge in [-0.1, -0.05) is 0 Å². The Kier molecular flexibility index (Phi) is 2.25. The summed E-state index contributed by atoms with van der Waals surface area (Å²) in [5.41, 5.74) is 3.31. The zero-order valence-electron chi connectivity index (χ0n) is 5.89. The van der Waals surface area contributed by atoms with Gasteiger partial charge in [-0.2, -0.15) is 5.10 Å². The van der Waals surface area contributed by atoms with Crippen molar-refractivity contribution in [3.8, 4) is 0 Å². The largest absolute Gasteiger partial charge is 0.452 e. The summed E-state index contributed by atoms with van der Waals surface area (Å²) in [6.45, 7) is 0. The molecule has 1 rings (SSSR count). The molecule has 4 nitrogen and oxygen atoms in total. The summed E-state index contributed by atoms with van der Waals surface area (Å²) in [5, 5.41) is 3.79. The van der Waals surface area contributed by atoms with Crippen LogP contribution < -0.4 is 5.43 Å². The molecular formula is C6H10N2O2. The van der Waals surface area contributed by atoms with Crippen LogP contribution in [0.15, 0.2) is 5.10 Å². The summed E-state index contributed by atoms with van der Waals surface area (Å²) in [4.78, 5) is 10.4. The number of carbonyl (C=O) groups is 1. The number of nitrogens with zero attached hydrogens (tertiary/aromatic N) is 1. The van der Waals surface area contributed by atoms with E-state index in [1.54, 1.807) is 0 Å². The number of hydrazone groups is 1. The third-order valence-corrected chi connectivity index (χ3v) is 1.42. The van der Waals surface area contributed by atoms with Gasteiger partial charge in [-0.15, -0.1) is 0 Å². The van der Waals surface area contributed by atoms with Gasteiger partial charge >= 0.3 is 6.09 Å². The number of methoxy groups -OCH3 is 1. The smallest absolute Gasteiger partial charge is 0.427 e. The average molecular weight is 142 g/mol. The van der Waals surface area contributed by atoms with E-state index in [0.717, 1.165) is 18.6 Å². The van der Waals surface area contributed by atoms with Crippen LogP contribution in [0, 0.1) is 0 Å². The highest BCUT2D eigenvalue weighted by atomic mass is 16.5. The van der Waals surface area contributed by atoms with E-state index < -0.39 is 6.09 Å². The Morgan fingerprint density at radius 3 is 2.80 bits per heavy atom. The molecule has 1 saturated carbocycles. The molecule has 10 heavy (non-hydrogen) atoms. The number of rotatable bonds is 1. The SMILES string of the molecule is COC(=O)NN=C1CCC1. The molecule has 1 fully saturated rings. The zero-order chi connectivity index (χ0) is 7.40. The fraction of sp³-hybridized carbons (Fsp3) is 0.667. The minimum atomic E-state index is -0.501. The Morgan fingerprint density at radius 2 is 2.40 bits per heavy atom. The van der Waals surface area contributed by atoms with E-state index in [1.807, 2.05) is 0 Å². The molecule has 0 radical (unpaired) electrons. The van der Waals surface area contributed by atoms with Crippen molar-refractivity contribution in [1.82, 2.24) is 5.43 Å². The number of amides is 1. The van der Waals surface area contributed by atoms with Gasteiger partial charge in [-0.05, 0) is 19.3 Å². The van der Waals surface area contributed by atoms with Crippen molar-refractivity contribution in [3.05, 3.63) is 0 Å². The van der Waals surface area contributed by atoms with Gasteiger partial charge in [0.05, 0.1) is 7.11 Å². The molecule has 1 N–H and O–H groups in total. The molecule has 0 saturated heterocycles. The van der Waals surface area contributed by atoms with Crippen LogP contribution in [-0.4, -0.2) is 18.9 Å². The Balaban J connectivity index is 2.19. The lowest BCUT2D eigenvalue weighted by atomic mass is 9.98. The molecule has 4 heteroatoms. The monoisotopic (exact) mass is 142 g/mol. The lowest BCUT2D eigenvalue weighted by Gasteiger charge is -2.13. The minimum Gasteiger partial charge on any atom is -0.452 e. The fourth-order valence-electron chi connectivity index (χ4n) is 0.617. The maximum Gasteiger partial charge on any atom is 0.427 e. The lowest BCUT2D eigenvalue weighted by Crippen LogP contribution is -2.21. The third kappa shape index (κ3) is 1.72. The summed E-state index contributed by atoms with van der Waals surface area (Å²) >= 11 is 0. The van der Waals surface area contributed by atoms with Crippen molar-refractivity contribution in [2.45, 2.75) is 19.3 Å². The van der Waals surface area contributed by atoms with Gasteiger partial charge in [0.15, 0.2) is 0 Å². The molecule has 0 spiro atoms. The van der Waals surface area contributed by atoms with E-state index in [4.69, 9.17) is 0 Å². The Labute approximate surface area is 59.2 Å². The van der Waals surface area contributed by atoms with E-state index in [1.165, 1.54) is 13.5 Å². The van der Waals surface area contributed by atoms with Gasteiger partial charge < -0.3 is 4.74 Å². The van der Waals surface area contributed by atoms with Crippen LogP contribution in [0.3, 0.4) is 0 Å². The molecule has 0 aromatic carbocycles. The maximum atomic E-state index is 10.4. The predicted molar refractivity (Wildman–Crippen MR) is 36.8 cm³/mol. The highest BCUT2D eigenvalue weighted by Gasteiger charge is 2.10. The van der Waals surface area contributed by atoms with Crippen LogP contribution in [0.1, 0.15) is 19.3 Å². The van der Waals surface area contributed by atoms with Gasteiger partial charge in [0.2, 0.25) is 0 Å². The van der Waals surface area contributed by atoms with Gasteiger partial charge in [0.25, 0.3) is 0 Å². The van der Waals surface area contributed by atoms with Crippen LogP contribution in [0.5, 0.6) is 0 Å². The summed E-state index contributed by atoms with van der Waals surface area (Å²) < 4.78 is 4.31. The first-order valence-corrected chi connectivity index (χ1v) is 3.22. The van der Waals surface area contributed by atoms with Crippen molar-refractivity contribution in [3.63, 3.8) is 0 Å². The van der Waals surface area contributed by atoms with Crippen molar-refractivity contribution in [2.75, 3.05) is 7.11 Å². The van der Waals surface area contributed by atoms with Gasteiger partial charge in [-0.3, -0.25) is 0 Å². The molecule has 0 atom stereocenters. The Bertz CT molecular complexity index is 159.